The summed E-state index contributed by atoms with van der Waals surface area (Å²) in [5, 5.41) is 10.3. The van der Waals surface area contributed by atoms with Gasteiger partial charge in [-0.1, -0.05) is 12.1 Å². The Hall–Kier alpha value is -2.11. The highest BCUT2D eigenvalue weighted by Crippen LogP contribution is 2.21. The monoisotopic (exact) mass is 358 g/mol. The molecule has 1 atom stereocenters. The van der Waals surface area contributed by atoms with Crippen molar-refractivity contribution < 1.29 is 14.2 Å². The molecule has 1 aliphatic heterocycles. The lowest BCUT2D eigenvalue weighted by Gasteiger charge is -2.36. The van der Waals surface area contributed by atoms with Crippen LogP contribution in [0.15, 0.2) is 42.5 Å². The van der Waals surface area contributed by atoms with E-state index >= 15 is 0 Å². The molecule has 1 unspecified atom stereocenters. The van der Waals surface area contributed by atoms with Gasteiger partial charge >= 0.3 is 0 Å². The molecule has 1 N–H and O–H groups in total. The first kappa shape index (κ1) is 18.7. The zero-order chi connectivity index (χ0) is 18.5. The lowest BCUT2D eigenvalue weighted by molar-refractivity contribution is 0.0660. The van der Waals surface area contributed by atoms with Gasteiger partial charge in [-0.05, 0) is 55.3 Å². The van der Waals surface area contributed by atoms with Gasteiger partial charge in [-0.3, -0.25) is 4.90 Å². The van der Waals surface area contributed by atoms with Crippen LogP contribution in [0, 0.1) is 19.7 Å². The number of ether oxygens (including phenoxy) is 1. The molecule has 0 aliphatic carbocycles. The van der Waals surface area contributed by atoms with E-state index in [2.05, 4.69) is 22.8 Å². The predicted molar refractivity (Wildman–Crippen MR) is 102 cm³/mol. The molecule has 1 heterocycles. The predicted octanol–water partition coefficient (Wildman–Crippen LogP) is 3.00. The summed E-state index contributed by atoms with van der Waals surface area (Å²) in [6.45, 7) is 8.47. The van der Waals surface area contributed by atoms with Crippen LogP contribution in [0.5, 0.6) is 5.75 Å². The molecule has 5 heteroatoms. The van der Waals surface area contributed by atoms with Gasteiger partial charge in [-0.15, -0.1) is 0 Å². The van der Waals surface area contributed by atoms with Crippen LogP contribution in [0.4, 0.5) is 10.1 Å². The van der Waals surface area contributed by atoms with Gasteiger partial charge in [0.1, 0.15) is 24.3 Å². The fourth-order valence-corrected chi connectivity index (χ4v) is 3.26. The van der Waals surface area contributed by atoms with Crippen molar-refractivity contribution in [1.82, 2.24) is 4.90 Å². The highest BCUT2D eigenvalue weighted by atomic mass is 19.1. The van der Waals surface area contributed by atoms with Crippen molar-refractivity contribution >= 4 is 5.69 Å². The van der Waals surface area contributed by atoms with Crippen molar-refractivity contribution in [2.45, 2.75) is 20.0 Å². The molecule has 0 saturated carbocycles. The smallest absolute Gasteiger partial charge is 0.123 e. The van der Waals surface area contributed by atoms with E-state index in [1.54, 1.807) is 0 Å². The van der Waals surface area contributed by atoms with Crippen molar-refractivity contribution in [3.8, 4) is 5.75 Å². The summed E-state index contributed by atoms with van der Waals surface area (Å²) in [4.78, 5) is 4.49. The summed E-state index contributed by atoms with van der Waals surface area (Å²) in [5.74, 6) is 0.629. The maximum atomic E-state index is 13.0. The quantitative estimate of drug-likeness (QED) is 0.861. The largest absolute Gasteiger partial charge is 0.491 e. The molecule has 2 aromatic carbocycles. The molecule has 1 saturated heterocycles. The van der Waals surface area contributed by atoms with E-state index in [0.29, 0.717) is 13.2 Å². The average Bonchev–Trinajstić information content (AvgIpc) is 2.64. The fraction of sp³-hybridized carbons (Fsp3) is 0.429. The molecule has 3 rings (SSSR count). The number of halogens is 1. The number of benzene rings is 2. The number of β-amino-alcohol motifs (C(OH)–C–C–N with tert-alkyl or cyclic N) is 1. The highest BCUT2D eigenvalue weighted by Gasteiger charge is 2.20. The fourth-order valence-electron chi connectivity index (χ4n) is 3.26. The number of anilines is 1. The van der Waals surface area contributed by atoms with Crippen LogP contribution in [-0.4, -0.2) is 55.4 Å². The van der Waals surface area contributed by atoms with Crippen LogP contribution in [0.3, 0.4) is 0 Å². The Morgan fingerprint density at radius 1 is 1.04 bits per heavy atom. The van der Waals surface area contributed by atoms with E-state index < -0.39 is 6.10 Å². The highest BCUT2D eigenvalue weighted by molar-refractivity contribution is 5.46. The average molecular weight is 358 g/mol. The number of rotatable bonds is 6. The summed E-state index contributed by atoms with van der Waals surface area (Å²) in [6.07, 6.45) is -0.521. The van der Waals surface area contributed by atoms with E-state index in [4.69, 9.17) is 4.74 Å². The molecule has 26 heavy (non-hydrogen) atoms. The van der Waals surface area contributed by atoms with E-state index in [1.165, 1.54) is 17.7 Å². The number of piperazine rings is 1. The van der Waals surface area contributed by atoms with Gasteiger partial charge in [0.2, 0.25) is 0 Å². The van der Waals surface area contributed by atoms with Crippen molar-refractivity contribution in [3.05, 3.63) is 59.4 Å². The van der Waals surface area contributed by atoms with Gasteiger partial charge in [0.15, 0.2) is 0 Å². The van der Waals surface area contributed by atoms with Crippen LogP contribution >= 0.6 is 0 Å². The van der Waals surface area contributed by atoms with Crippen LogP contribution in [0.2, 0.25) is 0 Å². The number of aliphatic hydroxyl groups is 1. The van der Waals surface area contributed by atoms with Gasteiger partial charge in [0, 0.05) is 38.4 Å². The Kier molecular flexibility index (Phi) is 6.12. The van der Waals surface area contributed by atoms with Crippen LogP contribution in [-0.2, 0) is 0 Å². The molecule has 0 spiro atoms. The first-order chi connectivity index (χ1) is 12.5. The van der Waals surface area contributed by atoms with E-state index in [1.807, 2.05) is 31.2 Å². The molecule has 0 amide bonds. The first-order valence-electron chi connectivity index (χ1n) is 9.13. The van der Waals surface area contributed by atoms with Gasteiger partial charge in [-0.2, -0.15) is 0 Å². The third kappa shape index (κ3) is 4.74. The number of aliphatic hydroxyl groups excluding tert-OH is 1. The normalized spacial score (nSPS) is 16.5. The third-order valence-electron chi connectivity index (χ3n) is 5.02. The van der Waals surface area contributed by atoms with Crippen molar-refractivity contribution in [2.75, 3.05) is 44.2 Å². The standard InChI is InChI=1S/C21H27FN2O2/c1-16-4-3-5-21(17(16)2)26-15-20(25)14-23-10-12-24(13-11-23)19-8-6-18(22)7-9-19/h3-9,20,25H,10-15H2,1-2H3. The van der Waals surface area contributed by atoms with E-state index in [9.17, 15) is 9.50 Å². The van der Waals surface area contributed by atoms with Gasteiger partial charge in [0.05, 0.1) is 0 Å². The second-order valence-electron chi connectivity index (χ2n) is 6.93. The summed E-state index contributed by atoms with van der Waals surface area (Å²) in [7, 11) is 0. The van der Waals surface area contributed by atoms with Gasteiger partial charge < -0.3 is 14.7 Å². The number of aryl methyl sites for hydroxylation is 1. The Bertz CT molecular complexity index is 712. The minimum absolute atomic E-state index is 0.209. The topological polar surface area (TPSA) is 35.9 Å². The lowest BCUT2D eigenvalue weighted by Crippen LogP contribution is -2.49. The van der Waals surface area contributed by atoms with Gasteiger partial charge in [0.25, 0.3) is 0 Å². The Morgan fingerprint density at radius 3 is 2.42 bits per heavy atom. The van der Waals surface area contributed by atoms with Crippen molar-refractivity contribution in [3.63, 3.8) is 0 Å². The van der Waals surface area contributed by atoms with Crippen molar-refractivity contribution in [2.24, 2.45) is 0 Å². The second kappa shape index (κ2) is 8.52. The number of hydrogen-bond donors (Lipinski definition) is 1. The SMILES string of the molecule is Cc1cccc(OCC(O)CN2CCN(c3ccc(F)cc3)CC2)c1C. The third-order valence-corrected chi connectivity index (χ3v) is 5.02. The Balaban J connectivity index is 1.44. The van der Waals surface area contributed by atoms with Crippen LogP contribution in [0.1, 0.15) is 11.1 Å². The number of nitrogens with zero attached hydrogens (tertiary/aromatic N) is 2. The molecular formula is C21H27FN2O2. The Morgan fingerprint density at radius 2 is 1.73 bits per heavy atom. The zero-order valence-electron chi connectivity index (χ0n) is 15.5. The molecule has 1 aliphatic rings. The van der Waals surface area contributed by atoms with Crippen LogP contribution < -0.4 is 9.64 Å². The van der Waals surface area contributed by atoms with E-state index in [-0.39, 0.29) is 5.82 Å². The molecule has 2 aromatic rings. The molecular weight excluding hydrogens is 331 g/mol. The minimum atomic E-state index is -0.521. The maximum absolute atomic E-state index is 13.0. The maximum Gasteiger partial charge on any atom is 0.123 e. The van der Waals surface area contributed by atoms with E-state index in [0.717, 1.165) is 43.2 Å². The lowest BCUT2D eigenvalue weighted by atomic mass is 10.1. The summed E-state index contributed by atoms with van der Waals surface area (Å²) < 4.78 is 18.8. The molecule has 1 fully saturated rings. The summed E-state index contributed by atoms with van der Waals surface area (Å²) >= 11 is 0. The van der Waals surface area contributed by atoms with Crippen LogP contribution in [0.25, 0.3) is 0 Å². The second-order valence-corrected chi connectivity index (χ2v) is 6.93. The number of hydrogen-bond acceptors (Lipinski definition) is 4. The zero-order valence-corrected chi connectivity index (χ0v) is 15.5. The summed E-state index contributed by atoms with van der Waals surface area (Å²) in [5.41, 5.74) is 3.35. The molecule has 4 nitrogen and oxygen atoms in total. The molecule has 0 bridgehead atoms. The molecule has 140 valence electrons. The molecule has 0 aromatic heterocycles. The van der Waals surface area contributed by atoms with Crippen molar-refractivity contribution in [1.29, 1.82) is 0 Å². The Labute approximate surface area is 154 Å². The first-order valence-corrected chi connectivity index (χ1v) is 9.13. The molecule has 0 radical (unpaired) electrons. The summed E-state index contributed by atoms with van der Waals surface area (Å²) in [6, 6.07) is 12.6. The van der Waals surface area contributed by atoms with Gasteiger partial charge in [-0.25, -0.2) is 4.39 Å². The minimum Gasteiger partial charge on any atom is -0.491 e.